The van der Waals surface area contributed by atoms with Gasteiger partial charge in [-0.1, -0.05) is 44.3 Å². The number of carbonyl (C=O) groups excluding carboxylic acids is 3. The zero-order valence-corrected chi connectivity index (χ0v) is 22.0. The van der Waals surface area contributed by atoms with Crippen LogP contribution in [0.2, 0.25) is 0 Å². The van der Waals surface area contributed by atoms with Crippen LogP contribution in [-0.2, 0) is 9.59 Å². The van der Waals surface area contributed by atoms with Crippen molar-refractivity contribution in [3.63, 3.8) is 0 Å². The van der Waals surface area contributed by atoms with Crippen LogP contribution in [0.1, 0.15) is 50.2 Å². The normalized spacial score (nSPS) is 27.6. The largest absolute Gasteiger partial charge is 0.347 e. The first-order chi connectivity index (χ1) is 17.3. The van der Waals surface area contributed by atoms with E-state index in [9.17, 15) is 14.4 Å². The molecule has 0 radical (unpaired) electrons. The van der Waals surface area contributed by atoms with Gasteiger partial charge in [0.2, 0.25) is 5.91 Å². The molecule has 3 saturated heterocycles. The standard InChI is InChI=1S/C27H35N5O3S/c1-5-21(33)31-12-6-7-18(14-31)29-25(34)24-23-22-20(10-11-28-26(22)36-24)32(27(35)30-23)19-9-8-17(15(2)3)13-16(19)4/h5,8-9,13,15,18,20,22,26,28H,1,6-7,10-12,14H2,2-4H3,(H,29,34)(H,30,35)/t18-,20?,22?,26?/m1/s1. The second-order valence-electron chi connectivity index (χ2n) is 10.4. The number of hydrogen-bond acceptors (Lipinski definition) is 5. The molecular weight excluding hydrogens is 474 g/mol. The summed E-state index contributed by atoms with van der Waals surface area (Å²) in [5.74, 6) is 0.149. The number of nitrogens with zero attached hydrogens (tertiary/aromatic N) is 2. The fraction of sp³-hybridized carbons (Fsp3) is 0.519. The highest BCUT2D eigenvalue weighted by atomic mass is 32.2. The van der Waals surface area contributed by atoms with Gasteiger partial charge >= 0.3 is 6.03 Å². The summed E-state index contributed by atoms with van der Waals surface area (Å²) in [5.41, 5.74) is 3.99. The predicted octanol–water partition coefficient (Wildman–Crippen LogP) is 3.20. The van der Waals surface area contributed by atoms with Gasteiger partial charge in [0.05, 0.1) is 16.3 Å². The van der Waals surface area contributed by atoms with E-state index in [1.54, 1.807) is 4.90 Å². The Kier molecular flexibility index (Phi) is 6.87. The third kappa shape index (κ3) is 4.43. The van der Waals surface area contributed by atoms with Crippen molar-refractivity contribution < 1.29 is 14.4 Å². The molecule has 0 aliphatic carbocycles. The Hall–Kier alpha value is -2.78. The number of benzene rings is 1. The van der Waals surface area contributed by atoms with Crippen molar-refractivity contribution in [3.05, 3.63) is 52.6 Å². The first-order valence-corrected chi connectivity index (χ1v) is 13.7. The second-order valence-corrected chi connectivity index (χ2v) is 11.6. The molecular formula is C27H35N5O3S. The molecule has 192 valence electrons. The van der Waals surface area contributed by atoms with Crippen LogP contribution in [-0.4, -0.2) is 59.8 Å². The number of thioether (sulfide) groups is 1. The Bertz CT molecular complexity index is 1130. The maximum Gasteiger partial charge on any atom is 0.326 e. The lowest BCUT2D eigenvalue weighted by Crippen LogP contribution is -2.62. The Balaban J connectivity index is 1.38. The molecule has 3 N–H and O–H groups in total. The maximum absolute atomic E-state index is 13.5. The lowest BCUT2D eigenvalue weighted by atomic mass is 9.86. The van der Waals surface area contributed by atoms with Gasteiger partial charge in [0, 0.05) is 36.4 Å². The van der Waals surface area contributed by atoms with Gasteiger partial charge in [0.15, 0.2) is 0 Å². The van der Waals surface area contributed by atoms with Crippen molar-refractivity contribution >= 4 is 35.3 Å². The van der Waals surface area contributed by atoms with Crippen molar-refractivity contribution in [2.24, 2.45) is 5.92 Å². The number of rotatable bonds is 5. The molecule has 3 fully saturated rings. The number of likely N-dealkylation sites (tertiary alicyclic amines) is 1. The van der Waals surface area contributed by atoms with E-state index >= 15 is 0 Å². The highest BCUT2D eigenvalue weighted by Crippen LogP contribution is 2.48. The highest BCUT2D eigenvalue weighted by molar-refractivity contribution is 8.04. The minimum atomic E-state index is -0.180. The summed E-state index contributed by atoms with van der Waals surface area (Å²) in [6, 6.07) is 6.03. The van der Waals surface area contributed by atoms with Gasteiger partial charge in [0.1, 0.15) is 0 Å². The molecule has 4 atom stereocenters. The number of anilines is 1. The van der Waals surface area contributed by atoms with Crippen LogP contribution in [0, 0.1) is 12.8 Å². The fourth-order valence-electron chi connectivity index (χ4n) is 5.89. The molecule has 1 aromatic rings. The molecule has 8 nitrogen and oxygen atoms in total. The minimum absolute atomic E-state index is 0.0107. The molecule has 9 heteroatoms. The van der Waals surface area contributed by atoms with Gasteiger partial charge < -0.3 is 20.9 Å². The van der Waals surface area contributed by atoms with Gasteiger partial charge in [-0.2, -0.15) is 0 Å². The van der Waals surface area contributed by atoms with Crippen LogP contribution in [0.25, 0.3) is 0 Å². The molecule has 0 aromatic heterocycles. The summed E-state index contributed by atoms with van der Waals surface area (Å²) < 4.78 is 0. The number of piperidine rings is 2. The SMILES string of the molecule is C=CC(=O)N1CCC[C@@H](NC(=O)C2=C3NC(=O)N(c4ccc(C(C)C)cc4C)C4CCNC(S2)C34)C1. The lowest BCUT2D eigenvalue weighted by Gasteiger charge is -2.46. The number of hydrogen-bond donors (Lipinski definition) is 3. The summed E-state index contributed by atoms with van der Waals surface area (Å²) in [4.78, 5) is 43.2. The van der Waals surface area contributed by atoms with Crippen molar-refractivity contribution in [1.29, 1.82) is 0 Å². The Morgan fingerprint density at radius 3 is 2.81 bits per heavy atom. The molecule has 4 aliphatic heterocycles. The van der Waals surface area contributed by atoms with E-state index in [1.807, 2.05) is 4.90 Å². The van der Waals surface area contributed by atoms with E-state index in [4.69, 9.17) is 0 Å². The van der Waals surface area contributed by atoms with Crippen molar-refractivity contribution in [2.45, 2.75) is 63.4 Å². The summed E-state index contributed by atoms with van der Waals surface area (Å²) >= 11 is 1.51. The number of amides is 4. The Morgan fingerprint density at radius 2 is 2.08 bits per heavy atom. The number of aryl methyl sites for hydroxylation is 1. The minimum Gasteiger partial charge on any atom is -0.347 e. The van der Waals surface area contributed by atoms with Crippen LogP contribution in [0.15, 0.2) is 41.5 Å². The van der Waals surface area contributed by atoms with Crippen LogP contribution in [0.5, 0.6) is 0 Å². The molecule has 5 rings (SSSR count). The lowest BCUT2D eigenvalue weighted by molar-refractivity contribution is -0.128. The summed E-state index contributed by atoms with van der Waals surface area (Å²) in [7, 11) is 0. The van der Waals surface area contributed by atoms with Gasteiger partial charge in [0.25, 0.3) is 5.91 Å². The first kappa shape index (κ1) is 24.9. The van der Waals surface area contributed by atoms with Crippen molar-refractivity contribution in [2.75, 3.05) is 24.5 Å². The highest BCUT2D eigenvalue weighted by Gasteiger charge is 2.52. The summed E-state index contributed by atoms with van der Waals surface area (Å²) in [6.07, 6.45) is 3.79. The average molecular weight is 510 g/mol. The summed E-state index contributed by atoms with van der Waals surface area (Å²) in [6.45, 7) is 11.9. The Labute approximate surface area is 216 Å². The van der Waals surface area contributed by atoms with E-state index in [1.165, 1.54) is 23.4 Å². The maximum atomic E-state index is 13.5. The molecule has 0 bridgehead atoms. The van der Waals surface area contributed by atoms with Crippen molar-refractivity contribution in [3.8, 4) is 0 Å². The van der Waals surface area contributed by atoms with Gasteiger partial charge in [-0.05, 0) is 61.9 Å². The van der Waals surface area contributed by atoms with E-state index in [-0.39, 0.29) is 41.2 Å². The molecule has 36 heavy (non-hydrogen) atoms. The second kappa shape index (κ2) is 9.94. The molecule has 4 amide bonds. The third-order valence-electron chi connectivity index (χ3n) is 7.74. The zero-order chi connectivity index (χ0) is 25.6. The monoisotopic (exact) mass is 509 g/mol. The smallest absolute Gasteiger partial charge is 0.326 e. The van der Waals surface area contributed by atoms with Gasteiger partial charge in [-0.15, -0.1) is 0 Å². The van der Waals surface area contributed by atoms with Gasteiger partial charge in [-0.3, -0.25) is 14.5 Å². The zero-order valence-electron chi connectivity index (χ0n) is 21.2. The van der Waals surface area contributed by atoms with E-state index < -0.39 is 0 Å². The third-order valence-corrected chi connectivity index (χ3v) is 9.09. The predicted molar refractivity (Wildman–Crippen MR) is 143 cm³/mol. The number of urea groups is 1. The van der Waals surface area contributed by atoms with Crippen LogP contribution >= 0.6 is 11.8 Å². The molecule has 4 aliphatic rings. The quantitative estimate of drug-likeness (QED) is 0.530. The molecule has 4 heterocycles. The van der Waals surface area contributed by atoms with Crippen LogP contribution in [0.3, 0.4) is 0 Å². The van der Waals surface area contributed by atoms with Crippen LogP contribution < -0.4 is 20.9 Å². The van der Waals surface area contributed by atoms with Gasteiger partial charge in [-0.25, -0.2) is 4.79 Å². The molecule has 0 spiro atoms. The first-order valence-electron chi connectivity index (χ1n) is 12.9. The van der Waals surface area contributed by atoms with E-state index in [0.717, 1.165) is 42.8 Å². The topological polar surface area (TPSA) is 93.8 Å². The molecule has 1 aromatic carbocycles. The van der Waals surface area contributed by atoms with E-state index in [2.05, 4.69) is 61.5 Å². The molecule has 0 saturated carbocycles. The van der Waals surface area contributed by atoms with E-state index in [0.29, 0.717) is 23.9 Å². The average Bonchev–Trinajstić information content (AvgIpc) is 3.24. The molecule has 3 unspecified atom stereocenters. The fourth-order valence-corrected chi connectivity index (χ4v) is 7.28. The Morgan fingerprint density at radius 1 is 1.28 bits per heavy atom. The number of carbonyl (C=O) groups is 3. The summed E-state index contributed by atoms with van der Waals surface area (Å²) in [5, 5.41) is 9.80. The number of nitrogens with one attached hydrogen (secondary N) is 3. The van der Waals surface area contributed by atoms with Crippen molar-refractivity contribution in [1.82, 2.24) is 20.9 Å². The van der Waals surface area contributed by atoms with Crippen LogP contribution in [0.4, 0.5) is 10.5 Å².